The van der Waals surface area contributed by atoms with Crippen molar-refractivity contribution >= 4 is 90.4 Å². The van der Waals surface area contributed by atoms with Gasteiger partial charge in [0.15, 0.2) is 0 Å². The topological polar surface area (TPSA) is 41.1 Å². The molecular weight excluding hydrogens is 1120 g/mol. The van der Waals surface area contributed by atoms with Crippen molar-refractivity contribution in [3.05, 3.63) is 336 Å². The minimum Gasteiger partial charge on any atom is -0.340 e. The highest BCUT2D eigenvalue weighted by atomic mass is 15.5. The number of hydrogen-bond acceptors (Lipinski definition) is 4. The summed E-state index contributed by atoms with van der Waals surface area (Å²) in [6, 6.07) is 105. The highest BCUT2D eigenvalue weighted by molar-refractivity contribution is 6.11. The molecule has 2 heterocycles. The maximum atomic E-state index is 5.19. The average Bonchev–Trinajstić information content (AvgIpc) is 1.72. The summed E-state index contributed by atoms with van der Waals surface area (Å²) in [6.07, 6.45) is 14.4. The van der Waals surface area contributed by atoms with Gasteiger partial charge in [-0.3, -0.25) is 0 Å². The lowest BCUT2D eigenvalue weighted by Crippen LogP contribution is -2.09. The molecule has 2 aliphatic rings. The van der Waals surface area contributed by atoms with Crippen molar-refractivity contribution in [2.24, 2.45) is 10.2 Å². The number of aromatic nitrogens is 2. The van der Waals surface area contributed by atoms with E-state index in [1.165, 1.54) is 125 Å². The largest absolute Gasteiger partial charge is 0.340 e. The van der Waals surface area contributed by atoms with Gasteiger partial charge in [0.05, 0.1) is 35.2 Å². The summed E-state index contributed by atoms with van der Waals surface area (Å²) in [5.41, 5.74) is 25.7. The monoisotopic (exact) mass is 1190 g/mol. The van der Waals surface area contributed by atoms with Gasteiger partial charge in [-0.1, -0.05) is 232 Å². The number of benzene rings is 12. The lowest BCUT2D eigenvalue weighted by atomic mass is 9.90. The first-order valence-corrected chi connectivity index (χ1v) is 32.7. The second-order valence-corrected chi connectivity index (χ2v) is 24.6. The van der Waals surface area contributed by atoms with E-state index in [2.05, 4.69) is 311 Å². The molecule has 0 fully saturated rings. The van der Waals surface area contributed by atoms with E-state index in [0.29, 0.717) is 5.92 Å². The second-order valence-electron chi connectivity index (χ2n) is 24.6. The molecule has 16 rings (SSSR count). The predicted molar refractivity (Wildman–Crippen MR) is 388 cm³/mol. The Labute approximate surface area is 538 Å². The van der Waals surface area contributed by atoms with Gasteiger partial charge >= 0.3 is 0 Å². The number of hydrogen-bond donors (Lipinski definition) is 0. The summed E-state index contributed by atoms with van der Waals surface area (Å²) >= 11 is 0. The van der Waals surface area contributed by atoms with Crippen LogP contribution >= 0.6 is 0 Å². The Hall–Kier alpha value is -11.1. The third kappa shape index (κ3) is 10.9. The van der Waals surface area contributed by atoms with E-state index >= 15 is 0 Å². The molecule has 0 bridgehead atoms. The van der Waals surface area contributed by atoms with Gasteiger partial charge in [-0.15, -0.1) is 0 Å². The molecule has 0 saturated carbocycles. The number of para-hydroxylation sites is 4. The van der Waals surface area contributed by atoms with Crippen LogP contribution in [0.2, 0.25) is 0 Å². The minimum atomic E-state index is 0.339. The first-order valence-electron chi connectivity index (χ1n) is 32.7. The van der Waals surface area contributed by atoms with Gasteiger partial charge in [0.2, 0.25) is 0 Å². The van der Waals surface area contributed by atoms with E-state index < -0.39 is 0 Å². The zero-order chi connectivity index (χ0) is 61.2. The van der Waals surface area contributed by atoms with Crippen LogP contribution in [0.1, 0.15) is 89.0 Å². The molecule has 2 aliphatic carbocycles. The number of unbranched alkanes of at least 4 members (excludes halogenated alkanes) is 5. The average molecular weight is 1190 g/mol. The molecule has 0 saturated heterocycles. The molecule has 0 spiro atoms. The van der Waals surface area contributed by atoms with Crippen molar-refractivity contribution in [1.82, 2.24) is 9.13 Å². The van der Waals surface area contributed by atoms with Crippen LogP contribution in [0.5, 0.6) is 0 Å². The standard InChI is InChI=1S/C86H70N6/c1(3-23-53-89-83-39-21-19-37-77(83)81-57-63(45-51-85(81)89)59-87-91(65-25-7-5-8-26-65)67-47-41-61(42-48-67)55-79-73-33-15-11-29-69(73)70-30-12-16-34-74(70)79)2-4-24-54-90-84-40-22-20-38-78(84)82-58-64(46-52-86(82)90)60-88-92(66-27-9-6-10-28-66)68-49-43-62(44-50-68)56-80-75-35-17-13-31-71(75)72-32-14-18-36-76(72)80/h5-22,25-52,55,57-60,80H,1-4,23-24,53-54,56H2. The lowest BCUT2D eigenvalue weighted by Gasteiger charge is -2.20. The molecule has 0 amide bonds. The van der Waals surface area contributed by atoms with Crippen LogP contribution in [-0.4, -0.2) is 21.6 Å². The molecule has 0 atom stereocenters. The number of fused-ring (bicyclic) bond motifs is 12. The third-order valence-corrected chi connectivity index (χ3v) is 19.0. The van der Waals surface area contributed by atoms with Crippen LogP contribution < -0.4 is 10.0 Å². The van der Waals surface area contributed by atoms with E-state index in [1.54, 1.807) is 0 Å². The Bertz CT molecular complexity index is 5000. The number of hydrazone groups is 2. The smallest absolute Gasteiger partial charge is 0.0653 e. The molecule has 2 aromatic heterocycles. The zero-order valence-electron chi connectivity index (χ0n) is 51.6. The molecule has 444 valence electrons. The minimum absolute atomic E-state index is 0.339. The molecule has 12 aromatic carbocycles. The van der Waals surface area contributed by atoms with Crippen molar-refractivity contribution < 1.29 is 0 Å². The molecule has 6 nitrogen and oxygen atoms in total. The van der Waals surface area contributed by atoms with Gasteiger partial charge < -0.3 is 9.13 Å². The number of nitrogens with zero attached hydrogens (tertiary/aromatic N) is 6. The Morgan fingerprint density at radius 3 is 1.16 bits per heavy atom. The maximum Gasteiger partial charge on any atom is 0.0653 e. The van der Waals surface area contributed by atoms with E-state index in [-0.39, 0.29) is 0 Å². The van der Waals surface area contributed by atoms with Gasteiger partial charge in [0.1, 0.15) is 0 Å². The summed E-state index contributed by atoms with van der Waals surface area (Å²) in [5.74, 6) is 0.339. The lowest BCUT2D eigenvalue weighted by molar-refractivity contribution is 0.545. The van der Waals surface area contributed by atoms with Gasteiger partial charge in [-0.25, -0.2) is 10.0 Å². The molecule has 92 heavy (non-hydrogen) atoms. The van der Waals surface area contributed by atoms with Crippen LogP contribution in [-0.2, 0) is 19.5 Å². The van der Waals surface area contributed by atoms with Gasteiger partial charge in [-0.2, -0.15) is 10.2 Å². The van der Waals surface area contributed by atoms with Crippen LogP contribution in [0, 0.1) is 0 Å². The summed E-state index contributed by atoms with van der Waals surface area (Å²) in [7, 11) is 0. The zero-order valence-corrected chi connectivity index (χ0v) is 51.6. The van der Waals surface area contributed by atoms with Crippen molar-refractivity contribution in [3.8, 4) is 22.3 Å². The summed E-state index contributed by atoms with van der Waals surface area (Å²) in [6.45, 7) is 1.98. The van der Waals surface area contributed by atoms with E-state index in [0.717, 1.165) is 71.8 Å². The van der Waals surface area contributed by atoms with Gasteiger partial charge in [0.25, 0.3) is 0 Å². The normalized spacial score (nSPS) is 12.6. The number of anilines is 4. The van der Waals surface area contributed by atoms with Crippen molar-refractivity contribution in [1.29, 1.82) is 0 Å². The fourth-order valence-corrected chi connectivity index (χ4v) is 14.6. The first-order chi connectivity index (χ1) is 45.6. The van der Waals surface area contributed by atoms with E-state index in [4.69, 9.17) is 10.2 Å². The predicted octanol–water partition coefficient (Wildman–Crippen LogP) is 22.2. The molecule has 0 aliphatic heterocycles. The molecule has 0 radical (unpaired) electrons. The summed E-state index contributed by atoms with van der Waals surface area (Å²) in [4.78, 5) is 0. The van der Waals surface area contributed by atoms with Gasteiger partial charge in [-0.05, 0) is 183 Å². The Morgan fingerprint density at radius 2 is 0.674 bits per heavy atom. The highest BCUT2D eigenvalue weighted by Gasteiger charge is 2.28. The molecule has 6 heteroatoms. The highest BCUT2D eigenvalue weighted by Crippen LogP contribution is 2.47. The Kier molecular flexibility index (Phi) is 15.3. The maximum absolute atomic E-state index is 5.19. The number of aryl methyl sites for hydroxylation is 2. The van der Waals surface area contributed by atoms with Crippen molar-refractivity contribution in [2.75, 3.05) is 10.0 Å². The Morgan fingerprint density at radius 1 is 0.304 bits per heavy atom. The quantitative estimate of drug-likeness (QED) is 0.0433. The van der Waals surface area contributed by atoms with Crippen LogP contribution in [0.4, 0.5) is 22.7 Å². The van der Waals surface area contributed by atoms with Crippen molar-refractivity contribution in [3.63, 3.8) is 0 Å². The second kappa shape index (κ2) is 25.1. The fraction of sp³-hybridized carbons (Fsp3) is 0.116. The van der Waals surface area contributed by atoms with Crippen LogP contribution in [0.3, 0.4) is 0 Å². The SMILES string of the molecule is C(=NN(c1ccccc1)c1ccc(C=C2c3ccccc3-c3ccccc32)cc1)c1ccc2c(c1)c1ccccc1n2CCCCCCCCn1c2ccccc2c2cc(C=NN(c3ccccc3)c3ccc(CC4c5ccccc5-c5ccccc54)cc3)ccc21. The summed E-state index contributed by atoms with van der Waals surface area (Å²) < 4.78 is 5.08. The molecule has 0 N–H and O–H groups in total. The first kappa shape index (κ1) is 56.2. The number of rotatable bonds is 20. The molecule has 0 unspecified atom stereocenters. The van der Waals surface area contributed by atoms with E-state index in [9.17, 15) is 0 Å². The molecule has 14 aromatic rings. The Balaban J connectivity index is 0.558. The fourth-order valence-electron chi connectivity index (χ4n) is 14.6. The summed E-state index contributed by atoms with van der Waals surface area (Å²) in [5, 5.41) is 19.6. The molecular formula is C86H70N6. The van der Waals surface area contributed by atoms with Gasteiger partial charge in [0, 0.05) is 62.6 Å². The van der Waals surface area contributed by atoms with Crippen LogP contribution in [0.15, 0.2) is 301 Å². The third-order valence-electron chi connectivity index (χ3n) is 19.0. The van der Waals surface area contributed by atoms with E-state index in [1.807, 2.05) is 17.4 Å². The van der Waals surface area contributed by atoms with Crippen LogP contribution in [0.25, 0.3) is 77.5 Å². The van der Waals surface area contributed by atoms with Crippen molar-refractivity contribution in [2.45, 2.75) is 64.0 Å².